The van der Waals surface area contributed by atoms with Crippen molar-refractivity contribution in [1.29, 1.82) is 10.5 Å². The van der Waals surface area contributed by atoms with E-state index in [1.54, 1.807) is 54.6 Å². The second-order valence-corrected chi connectivity index (χ2v) is 5.34. The molecular formula is C17H10Cl2N4O. The average Bonchev–Trinajstić information content (AvgIpc) is 2.59. The highest BCUT2D eigenvalue weighted by Gasteiger charge is 2.14. The maximum atomic E-state index is 12.5. The number of carbonyl (C=O) groups is 1. The van der Waals surface area contributed by atoms with E-state index in [-0.39, 0.29) is 5.57 Å². The Morgan fingerprint density at radius 3 is 2.25 bits per heavy atom. The summed E-state index contributed by atoms with van der Waals surface area (Å²) >= 11 is 12.1. The SMILES string of the molecule is N#CC(C#N)=CNc1ccccc1C(=O)Nc1c(Cl)cccc1Cl. The van der Waals surface area contributed by atoms with Gasteiger partial charge in [0.1, 0.15) is 17.7 Å². The maximum Gasteiger partial charge on any atom is 0.257 e. The van der Waals surface area contributed by atoms with Crippen molar-refractivity contribution in [3.05, 3.63) is 69.8 Å². The van der Waals surface area contributed by atoms with Gasteiger partial charge in [-0.3, -0.25) is 4.79 Å². The fourth-order valence-electron chi connectivity index (χ4n) is 1.84. The lowest BCUT2D eigenvalue weighted by molar-refractivity contribution is 0.102. The van der Waals surface area contributed by atoms with Gasteiger partial charge in [-0.2, -0.15) is 10.5 Å². The van der Waals surface area contributed by atoms with Crippen molar-refractivity contribution in [2.75, 3.05) is 10.6 Å². The monoisotopic (exact) mass is 356 g/mol. The van der Waals surface area contributed by atoms with Crippen LogP contribution in [0.4, 0.5) is 11.4 Å². The summed E-state index contributed by atoms with van der Waals surface area (Å²) in [5, 5.41) is 23.6. The van der Waals surface area contributed by atoms with E-state index in [1.165, 1.54) is 6.20 Å². The number of amides is 1. The van der Waals surface area contributed by atoms with Gasteiger partial charge in [-0.05, 0) is 24.3 Å². The Kier molecular flexibility index (Phi) is 5.81. The molecule has 0 spiro atoms. The summed E-state index contributed by atoms with van der Waals surface area (Å²) in [5.74, 6) is -0.433. The Balaban J connectivity index is 2.30. The normalized spacial score (nSPS) is 9.33. The number of allylic oxidation sites excluding steroid dienone is 1. The molecule has 0 unspecified atom stereocenters. The molecule has 2 rings (SSSR count). The second kappa shape index (κ2) is 8.03. The van der Waals surface area contributed by atoms with E-state index >= 15 is 0 Å². The van der Waals surface area contributed by atoms with Crippen LogP contribution in [0.15, 0.2) is 54.2 Å². The number of hydrogen-bond donors (Lipinski definition) is 2. The number of rotatable bonds is 4. The summed E-state index contributed by atoms with van der Waals surface area (Å²) < 4.78 is 0. The van der Waals surface area contributed by atoms with Crippen molar-refractivity contribution < 1.29 is 4.79 Å². The van der Waals surface area contributed by atoms with Crippen molar-refractivity contribution in [2.45, 2.75) is 0 Å². The van der Waals surface area contributed by atoms with Crippen LogP contribution in [0.3, 0.4) is 0 Å². The highest BCUT2D eigenvalue weighted by molar-refractivity contribution is 6.40. The van der Waals surface area contributed by atoms with Crippen LogP contribution < -0.4 is 10.6 Å². The lowest BCUT2D eigenvalue weighted by Crippen LogP contribution is -2.14. The highest BCUT2D eigenvalue weighted by Crippen LogP contribution is 2.30. The van der Waals surface area contributed by atoms with E-state index in [0.29, 0.717) is 27.0 Å². The molecule has 0 aromatic heterocycles. The van der Waals surface area contributed by atoms with Crippen LogP contribution in [0, 0.1) is 22.7 Å². The molecule has 2 aromatic rings. The standard InChI is InChI=1S/C17H10Cl2N4O/c18-13-5-3-6-14(19)16(13)23-17(24)12-4-1-2-7-15(12)22-10-11(8-20)9-21/h1-7,10,22H,(H,23,24). The van der Waals surface area contributed by atoms with Gasteiger partial charge in [-0.15, -0.1) is 0 Å². The number of halogens is 2. The van der Waals surface area contributed by atoms with Crippen LogP contribution in [0.1, 0.15) is 10.4 Å². The third-order valence-corrected chi connectivity index (χ3v) is 3.62. The van der Waals surface area contributed by atoms with Crippen LogP contribution in [-0.2, 0) is 0 Å². The van der Waals surface area contributed by atoms with E-state index in [2.05, 4.69) is 10.6 Å². The first kappa shape index (κ1) is 17.4. The predicted octanol–water partition coefficient (Wildman–Crippen LogP) is 4.59. The van der Waals surface area contributed by atoms with E-state index in [1.807, 2.05) is 0 Å². The minimum absolute atomic E-state index is 0.112. The average molecular weight is 357 g/mol. The zero-order valence-corrected chi connectivity index (χ0v) is 13.7. The number of para-hydroxylation sites is 2. The van der Waals surface area contributed by atoms with Gasteiger partial charge in [-0.25, -0.2) is 0 Å². The molecule has 0 saturated heterocycles. The second-order valence-electron chi connectivity index (χ2n) is 4.52. The molecule has 2 N–H and O–H groups in total. The fourth-order valence-corrected chi connectivity index (χ4v) is 2.34. The zero-order chi connectivity index (χ0) is 17.5. The first-order valence-electron chi connectivity index (χ1n) is 6.68. The first-order chi connectivity index (χ1) is 11.6. The molecule has 1 amide bonds. The summed E-state index contributed by atoms with van der Waals surface area (Å²) in [7, 11) is 0. The van der Waals surface area contributed by atoms with Gasteiger partial charge in [0.25, 0.3) is 5.91 Å². The van der Waals surface area contributed by atoms with Crippen LogP contribution >= 0.6 is 23.2 Å². The third-order valence-electron chi connectivity index (χ3n) is 2.99. The number of nitrogens with one attached hydrogen (secondary N) is 2. The van der Waals surface area contributed by atoms with E-state index in [9.17, 15) is 4.79 Å². The number of anilines is 2. The molecule has 0 saturated carbocycles. The minimum atomic E-state index is -0.433. The zero-order valence-electron chi connectivity index (χ0n) is 12.2. The predicted molar refractivity (Wildman–Crippen MR) is 93.8 cm³/mol. The molecule has 5 nitrogen and oxygen atoms in total. The van der Waals surface area contributed by atoms with Gasteiger partial charge in [0, 0.05) is 6.20 Å². The molecule has 0 radical (unpaired) electrons. The Morgan fingerprint density at radius 2 is 1.62 bits per heavy atom. The van der Waals surface area contributed by atoms with E-state index in [0.717, 1.165) is 0 Å². The van der Waals surface area contributed by atoms with Gasteiger partial charge < -0.3 is 10.6 Å². The quantitative estimate of drug-likeness (QED) is 0.784. The van der Waals surface area contributed by atoms with Crippen LogP contribution in [-0.4, -0.2) is 5.91 Å². The summed E-state index contributed by atoms with van der Waals surface area (Å²) in [6.45, 7) is 0. The lowest BCUT2D eigenvalue weighted by Gasteiger charge is -2.12. The minimum Gasteiger partial charge on any atom is -0.359 e. The van der Waals surface area contributed by atoms with Crippen LogP contribution in [0.2, 0.25) is 10.0 Å². The Bertz CT molecular complexity index is 858. The molecule has 24 heavy (non-hydrogen) atoms. The number of nitriles is 2. The number of carbonyl (C=O) groups excluding carboxylic acids is 1. The van der Waals surface area contributed by atoms with Crippen molar-refractivity contribution in [1.82, 2.24) is 0 Å². The largest absolute Gasteiger partial charge is 0.359 e. The van der Waals surface area contributed by atoms with Crippen molar-refractivity contribution in [3.8, 4) is 12.1 Å². The van der Waals surface area contributed by atoms with Gasteiger partial charge in [-0.1, -0.05) is 41.4 Å². The fraction of sp³-hybridized carbons (Fsp3) is 0. The van der Waals surface area contributed by atoms with Gasteiger partial charge in [0.2, 0.25) is 0 Å². The smallest absolute Gasteiger partial charge is 0.257 e. The lowest BCUT2D eigenvalue weighted by atomic mass is 10.1. The van der Waals surface area contributed by atoms with E-state index in [4.69, 9.17) is 33.7 Å². The topological polar surface area (TPSA) is 88.7 Å². The third kappa shape index (κ3) is 4.05. The Morgan fingerprint density at radius 1 is 1.00 bits per heavy atom. The molecular weight excluding hydrogens is 347 g/mol. The van der Waals surface area contributed by atoms with Crippen molar-refractivity contribution in [2.24, 2.45) is 0 Å². The number of benzene rings is 2. The maximum absolute atomic E-state index is 12.5. The molecule has 0 fully saturated rings. The summed E-state index contributed by atoms with van der Waals surface area (Å²) in [6.07, 6.45) is 1.23. The molecule has 0 aliphatic carbocycles. The molecule has 0 bridgehead atoms. The molecule has 0 atom stereocenters. The van der Waals surface area contributed by atoms with Gasteiger partial charge in [0.05, 0.1) is 27.0 Å². The molecule has 7 heteroatoms. The van der Waals surface area contributed by atoms with Crippen LogP contribution in [0.5, 0.6) is 0 Å². The van der Waals surface area contributed by atoms with Crippen molar-refractivity contribution in [3.63, 3.8) is 0 Å². The molecule has 118 valence electrons. The summed E-state index contributed by atoms with van der Waals surface area (Å²) in [4.78, 5) is 12.5. The summed E-state index contributed by atoms with van der Waals surface area (Å²) in [5.41, 5.74) is 0.936. The van der Waals surface area contributed by atoms with E-state index < -0.39 is 5.91 Å². The highest BCUT2D eigenvalue weighted by atomic mass is 35.5. The van der Waals surface area contributed by atoms with Crippen molar-refractivity contribution >= 4 is 40.5 Å². The number of nitrogens with zero attached hydrogens (tertiary/aromatic N) is 2. The van der Waals surface area contributed by atoms with Gasteiger partial charge >= 0.3 is 0 Å². The summed E-state index contributed by atoms with van der Waals surface area (Å²) in [6, 6.07) is 15.0. The molecule has 2 aromatic carbocycles. The Hall–Kier alpha value is -2.99. The molecule has 0 heterocycles. The molecule has 0 aliphatic heterocycles. The van der Waals surface area contributed by atoms with Gasteiger partial charge in [0.15, 0.2) is 0 Å². The first-order valence-corrected chi connectivity index (χ1v) is 7.43. The molecule has 0 aliphatic rings. The number of hydrogen-bond acceptors (Lipinski definition) is 4. The van der Waals surface area contributed by atoms with Crippen LogP contribution in [0.25, 0.3) is 0 Å². The Labute approximate surface area is 148 Å².